The highest BCUT2D eigenvalue weighted by atomic mass is 33.1. The fourth-order valence-corrected chi connectivity index (χ4v) is 7.47. The molecule has 3 aromatic rings. The first-order valence-electron chi connectivity index (χ1n) is 12.6. The molecule has 13 heteroatoms. The molecular weight excluding hydrogens is 601 g/mol. The third-order valence-electron chi connectivity index (χ3n) is 6.06. The highest BCUT2D eigenvalue weighted by Gasteiger charge is 2.53. The van der Waals surface area contributed by atoms with Crippen LogP contribution >= 0.6 is 21.6 Å². The summed E-state index contributed by atoms with van der Waals surface area (Å²) in [6.07, 6.45) is 0. The highest BCUT2D eigenvalue weighted by Crippen LogP contribution is 2.44. The molecule has 0 bridgehead atoms. The van der Waals surface area contributed by atoms with Crippen molar-refractivity contribution in [3.05, 3.63) is 101 Å². The molecule has 3 aromatic carbocycles. The number of likely N-dealkylation sites (tertiary alicyclic amines) is 1. The molecule has 1 aliphatic heterocycles. The van der Waals surface area contributed by atoms with Crippen molar-refractivity contribution in [2.75, 3.05) is 6.61 Å². The number of β-lactam (4-membered cyclic amide) rings is 1. The fraction of sp³-hybridized carbons (Fsp3) is 0.207. The van der Waals surface area contributed by atoms with Crippen LogP contribution in [0.5, 0.6) is 5.75 Å². The Balaban J connectivity index is 1.57. The average Bonchev–Trinajstić information content (AvgIpc) is 2.96. The third-order valence-corrected chi connectivity index (χ3v) is 10.1. The number of nitrogens with one attached hydrogen (secondary N) is 1. The number of carbonyl (C=O) groups is 3. The van der Waals surface area contributed by atoms with E-state index >= 15 is 0 Å². The van der Waals surface area contributed by atoms with E-state index in [0.717, 1.165) is 38.6 Å². The van der Waals surface area contributed by atoms with Gasteiger partial charge < -0.3 is 19.3 Å². The monoisotopic (exact) mass is 628 g/mol. The molecule has 1 fully saturated rings. The van der Waals surface area contributed by atoms with Crippen LogP contribution in [0.2, 0.25) is 0 Å². The molecule has 2 unspecified atom stereocenters. The minimum atomic E-state index is -4.39. The molecule has 1 aliphatic rings. The van der Waals surface area contributed by atoms with Gasteiger partial charge in [0.1, 0.15) is 27.8 Å². The highest BCUT2D eigenvalue weighted by molar-refractivity contribution is 8.77. The summed E-state index contributed by atoms with van der Waals surface area (Å²) in [5, 5.41) is 11.8. The second-order valence-corrected chi connectivity index (χ2v) is 13.2. The van der Waals surface area contributed by atoms with E-state index in [2.05, 4.69) is 5.32 Å². The van der Waals surface area contributed by atoms with Gasteiger partial charge in [-0.15, -0.1) is 0 Å². The molecule has 1 saturated heterocycles. The molecule has 0 saturated carbocycles. The Labute approximate surface area is 251 Å². The van der Waals surface area contributed by atoms with Crippen LogP contribution in [0.15, 0.2) is 100 Å². The van der Waals surface area contributed by atoms with Crippen molar-refractivity contribution in [2.45, 2.75) is 42.0 Å². The predicted octanol–water partition coefficient (Wildman–Crippen LogP) is 4.50. The topological polar surface area (TPSA) is 139 Å². The molecule has 2 atom stereocenters. The maximum atomic E-state index is 13.3. The number of aliphatic carboxylic acids is 1. The standard InChI is InChI=1S/C29H28N2O8S3/c1-18-9-13-22(14-10-18)40-41-28-25(30-24(32)17-38-21-7-5-4-6-8-21)27(33)31(28)26(29(34)35)20(3)39-42(36,37)23-15-11-19(2)12-16-23/h4-16,25,28H,17H2,1-3H3,(H,30,32)(H,34,35)/b26-20+. The van der Waals surface area contributed by atoms with Crippen molar-refractivity contribution in [2.24, 2.45) is 0 Å². The molecule has 220 valence electrons. The summed E-state index contributed by atoms with van der Waals surface area (Å²) in [5.74, 6) is -2.92. The number of allylic oxidation sites excluding steroid dienone is 1. The van der Waals surface area contributed by atoms with Gasteiger partial charge in [0, 0.05) is 4.90 Å². The summed E-state index contributed by atoms with van der Waals surface area (Å²) >= 11 is 0. The maximum Gasteiger partial charge on any atom is 0.356 e. The van der Waals surface area contributed by atoms with Crippen LogP contribution in [0.1, 0.15) is 18.1 Å². The zero-order valence-electron chi connectivity index (χ0n) is 22.8. The van der Waals surface area contributed by atoms with Crippen molar-refractivity contribution >= 4 is 49.5 Å². The first-order valence-corrected chi connectivity index (χ1v) is 16.2. The molecule has 42 heavy (non-hydrogen) atoms. The van der Waals surface area contributed by atoms with Gasteiger partial charge in [-0.05, 0) is 57.2 Å². The fourth-order valence-electron chi connectivity index (χ4n) is 3.89. The molecule has 10 nitrogen and oxygen atoms in total. The van der Waals surface area contributed by atoms with Gasteiger partial charge >= 0.3 is 16.1 Å². The lowest BCUT2D eigenvalue weighted by molar-refractivity contribution is -0.151. The summed E-state index contributed by atoms with van der Waals surface area (Å²) in [5.41, 5.74) is 1.22. The van der Waals surface area contributed by atoms with Crippen molar-refractivity contribution in [3.8, 4) is 5.75 Å². The maximum absolute atomic E-state index is 13.3. The number of carboxylic acids is 1. The number of nitrogens with zero attached hydrogens (tertiary/aromatic N) is 1. The van der Waals surface area contributed by atoms with Crippen LogP contribution in [0.4, 0.5) is 0 Å². The minimum Gasteiger partial charge on any atom is -0.484 e. The van der Waals surface area contributed by atoms with Gasteiger partial charge in [0.25, 0.3) is 11.8 Å². The van der Waals surface area contributed by atoms with Gasteiger partial charge in [-0.1, -0.05) is 75.2 Å². The van der Waals surface area contributed by atoms with Gasteiger partial charge in [-0.25, -0.2) is 4.79 Å². The minimum absolute atomic E-state index is 0.170. The number of ether oxygens (including phenoxy) is 1. The Morgan fingerprint density at radius 1 is 0.952 bits per heavy atom. The van der Waals surface area contributed by atoms with E-state index in [4.69, 9.17) is 8.92 Å². The quantitative estimate of drug-likeness (QED) is 0.0969. The summed E-state index contributed by atoms with van der Waals surface area (Å²) in [6.45, 7) is 4.52. The Hall–Kier alpha value is -3.94. The molecule has 4 rings (SSSR count). The zero-order valence-corrected chi connectivity index (χ0v) is 25.3. The van der Waals surface area contributed by atoms with E-state index in [1.165, 1.54) is 22.9 Å². The van der Waals surface area contributed by atoms with Gasteiger partial charge in [0.05, 0.1) is 0 Å². The van der Waals surface area contributed by atoms with Crippen LogP contribution in [0.3, 0.4) is 0 Å². The third kappa shape index (κ3) is 7.46. The summed E-state index contributed by atoms with van der Waals surface area (Å²) in [7, 11) is -1.97. The van der Waals surface area contributed by atoms with E-state index in [-0.39, 0.29) is 11.5 Å². The average molecular weight is 629 g/mol. The number of hydrogen-bond donors (Lipinski definition) is 2. The number of para-hydroxylation sites is 1. The number of aryl methyl sites for hydroxylation is 2. The lowest BCUT2D eigenvalue weighted by Crippen LogP contribution is -2.69. The van der Waals surface area contributed by atoms with Crippen molar-refractivity contribution < 1.29 is 36.8 Å². The van der Waals surface area contributed by atoms with Crippen LogP contribution in [0.25, 0.3) is 0 Å². The molecule has 0 aliphatic carbocycles. The second kappa shape index (κ2) is 13.4. The largest absolute Gasteiger partial charge is 0.484 e. The molecule has 1 heterocycles. The lowest BCUT2D eigenvalue weighted by Gasteiger charge is -2.46. The van der Waals surface area contributed by atoms with E-state index in [9.17, 15) is 27.9 Å². The molecule has 0 spiro atoms. The summed E-state index contributed by atoms with van der Waals surface area (Å²) in [4.78, 5) is 40.0. The Morgan fingerprint density at radius 3 is 2.14 bits per heavy atom. The van der Waals surface area contributed by atoms with E-state index in [1.807, 2.05) is 31.2 Å². The number of amides is 2. The van der Waals surface area contributed by atoms with Gasteiger partial charge in [0.2, 0.25) is 0 Å². The Bertz CT molecular complexity index is 1590. The summed E-state index contributed by atoms with van der Waals surface area (Å²) < 4.78 is 36.4. The predicted molar refractivity (Wildman–Crippen MR) is 159 cm³/mol. The van der Waals surface area contributed by atoms with Crippen molar-refractivity contribution in [1.82, 2.24) is 10.2 Å². The first-order chi connectivity index (χ1) is 20.0. The van der Waals surface area contributed by atoms with E-state index in [0.29, 0.717) is 5.75 Å². The van der Waals surface area contributed by atoms with Crippen LogP contribution in [-0.4, -0.2) is 54.2 Å². The first kappa shape index (κ1) is 31.0. The summed E-state index contributed by atoms with van der Waals surface area (Å²) in [6, 6.07) is 20.9. The molecule has 2 amide bonds. The lowest BCUT2D eigenvalue weighted by atomic mass is 10.1. The Morgan fingerprint density at radius 2 is 1.55 bits per heavy atom. The van der Waals surface area contributed by atoms with Crippen LogP contribution < -0.4 is 10.1 Å². The van der Waals surface area contributed by atoms with E-state index in [1.54, 1.807) is 49.4 Å². The smallest absolute Gasteiger partial charge is 0.356 e. The number of carbonyl (C=O) groups excluding carboxylic acids is 2. The SMILES string of the molecule is C/C(OS(=O)(=O)c1ccc(C)cc1)=C(/C(=O)O)N1C(=O)C(NC(=O)COc2ccccc2)C1SSc1ccc(C)cc1. The second-order valence-electron chi connectivity index (χ2n) is 9.30. The zero-order chi connectivity index (χ0) is 30.4. The molecule has 0 radical (unpaired) electrons. The number of carboxylic acid groups (broad SMARTS) is 1. The molecule has 0 aromatic heterocycles. The molecular formula is C29H28N2O8S3. The van der Waals surface area contributed by atoms with E-state index < -0.39 is 50.8 Å². The van der Waals surface area contributed by atoms with Gasteiger partial charge in [-0.3, -0.25) is 14.5 Å². The van der Waals surface area contributed by atoms with Crippen molar-refractivity contribution in [3.63, 3.8) is 0 Å². The van der Waals surface area contributed by atoms with Crippen LogP contribution in [-0.2, 0) is 28.7 Å². The number of hydrogen-bond acceptors (Lipinski definition) is 9. The number of rotatable bonds is 12. The molecule has 2 N–H and O–H groups in total. The van der Waals surface area contributed by atoms with Gasteiger partial charge in [0.15, 0.2) is 12.3 Å². The normalized spacial score (nSPS) is 17.1. The Kier molecular flexibility index (Phi) is 9.86. The van der Waals surface area contributed by atoms with Gasteiger partial charge in [-0.2, -0.15) is 8.42 Å². The van der Waals surface area contributed by atoms with Crippen molar-refractivity contribution in [1.29, 1.82) is 0 Å². The van der Waals surface area contributed by atoms with Crippen LogP contribution in [0, 0.1) is 13.8 Å². The number of benzene rings is 3.